The number of para-hydroxylation sites is 1. The number of nitrogens with two attached hydrogens (primary N) is 1. The van der Waals surface area contributed by atoms with Crippen LogP contribution in [0.1, 0.15) is 5.82 Å². The number of hydrogen-bond donors (Lipinski definition) is 1. The number of nitrogens with zero attached hydrogens (tertiary/aromatic N) is 5. The first kappa shape index (κ1) is 15.7. The highest BCUT2D eigenvalue weighted by Crippen LogP contribution is 2.19. The maximum absolute atomic E-state index is 13.0. The van der Waals surface area contributed by atoms with E-state index in [1.807, 2.05) is 24.3 Å². The predicted molar refractivity (Wildman–Crippen MR) is 95.6 cm³/mol. The van der Waals surface area contributed by atoms with E-state index in [0.717, 1.165) is 48.7 Å². The smallest absolute Gasteiger partial charge is 0.145 e. The fraction of sp³-hybridized carbons (Fsp3) is 0.278. The van der Waals surface area contributed by atoms with Crippen molar-refractivity contribution in [2.75, 3.05) is 36.8 Å². The molecule has 0 spiro atoms. The molecule has 1 aliphatic heterocycles. The van der Waals surface area contributed by atoms with Crippen LogP contribution in [0.2, 0.25) is 0 Å². The summed E-state index contributed by atoms with van der Waals surface area (Å²) in [5.74, 6) is 1.76. The van der Waals surface area contributed by atoms with Gasteiger partial charge in [0.15, 0.2) is 0 Å². The van der Waals surface area contributed by atoms with E-state index in [1.54, 1.807) is 6.07 Å². The number of benzene rings is 1. The average Bonchev–Trinajstić information content (AvgIpc) is 2.63. The summed E-state index contributed by atoms with van der Waals surface area (Å²) in [6, 6.07) is 10.9. The quantitative estimate of drug-likeness (QED) is 0.788. The van der Waals surface area contributed by atoms with Gasteiger partial charge in [-0.1, -0.05) is 12.1 Å². The highest BCUT2D eigenvalue weighted by atomic mass is 19.1. The van der Waals surface area contributed by atoms with Gasteiger partial charge in [-0.25, -0.2) is 19.3 Å². The molecule has 1 aliphatic rings. The molecule has 0 unspecified atom stereocenters. The molecule has 2 aromatic heterocycles. The normalized spacial score (nSPS) is 15.6. The molecular weight excluding hydrogens is 319 g/mol. The predicted octanol–water partition coefficient (Wildman–Crippen LogP) is 2.07. The van der Waals surface area contributed by atoms with E-state index in [0.29, 0.717) is 12.4 Å². The van der Waals surface area contributed by atoms with Gasteiger partial charge in [-0.05, 0) is 24.3 Å². The van der Waals surface area contributed by atoms with E-state index in [4.69, 9.17) is 5.73 Å². The number of piperazine rings is 1. The summed E-state index contributed by atoms with van der Waals surface area (Å²) < 4.78 is 13.0. The van der Waals surface area contributed by atoms with E-state index in [-0.39, 0.29) is 5.82 Å². The third kappa shape index (κ3) is 3.36. The van der Waals surface area contributed by atoms with Crippen molar-refractivity contribution in [2.45, 2.75) is 6.54 Å². The zero-order valence-electron chi connectivity index (χ0n) is 13.8. The maximum atomic E-state index is 13.0. The molecule has 3 aromatic rings. The van der Waals surface area contributed by atoms with Gasteiger partial charge in [0.2, 0.25) is 0 Å². The Hall–Kier alpha value is -2.80. The van der Waals surface area contributed by atoms with Crippen LogP contribution in [0.4, 0.5) is 16.0 Å². The fourth-order valence-electron chi connectivity index (χ4n) is 3.11. The molecule has 7 heteroatoms. The maximum Gasteiger partial charge on any atom is 0.145 e. The third-order valence-electron chi connectivity index (χ3n) is 4.45. The highest BCUT2D eigenvalue weighted by Gasteiger charge is 2.19. The minimum Gasteiger partial charge on any atom is -0.383 e. The Kier molecular flexibility index (Phi) is 4.15. The van der Waals surface area contributed by atoms with E-state index in [1.165, 1.54) is 12.3 Å². The van der Waals surface area contributed by atoms with Gasteiger partial charge in [0.1, 0.15) is 23.3 Å². The number of rotatable bonds is 3. The molecule has 1 aromatic carbocycles. The standard InChI is InChI=1S/C18H19FN6/c19-13-5-6-17(21-11-13)25-9-7-24(8-10-25)12-16-22-15-4-2-1-3-14(15)18(20)23-16/h1-6,11H,7-10,12H2,(H2,20,22,23). The molecule has 6 nitrogen and oxygen atoms in total. The third-order valence-corrected chi connectivity index (χ3v) is 4.45. The number of pyridine rings is 1. The van der Waals surface area contributed by atoms with Crippen molar-refractivity contribution in [2.24, 2.45) is 0 Å². The summed E-state index contributed by atoms with van der Waals surface area (Å²) in [6.07, 6.45) is 1.26. The van der Waals surface area contributed by atoms with Crippen molar-refractivity contribution in [1.82, 2.24) is 19.9 Å². The summed E-state index contributed by atoms with van der Waals surface area (Å²) in [4.78, 5) is 17.7. The lowest BCUT2D eigenvalue weighted by Crippen LogP contribution is -2.46. The van der Waals surface area contributed by atoms with Crippen molar-refractivity contribution >= 4 is 22.5 Å². The number of anilines is 2. The Morgan fingerprint density at radius 3 is 2.56 bits per heavy atom. The second-order valence-electron chi connectivity index (χ2n) is 6.14. The Bertz CT molecular complexity index is 874. The summed E-state index contributed by atoms with van der Waals surface area (Å²) in [5, 5.41) is 0.887. The molecule has 2 N–H and O–H groups in total. The zero-order valence-corrected chi connectivity index (χ0v) is 13.8. The van der Waals surface area contributed by atoms with Crippen LogP contribution in [-0.4, -0.2) is 46.0 Å². The van der Waals surface area contributed by atoms with Crippen LogP contribution in [0.3, 0.4) is 0 Å². The van der Waals surface area contributed by atoms with Crippen LogP contribution in [0.25, 0.3) is 10.9 Å². The average molecular weight is 338 g/mol. The lowest BCUT2D eigenvalue weighted by molar-refractivity contribution is 0.244. The van der Waals surface area contributed by atoms with Crippen molar-refractivity contribution in [3.8, 4) is 0 Å². The molecular formula is C18H19FN6. The van der Waals surface area contributed by atoms with Crippen molar-refractivity contribution in [1.29, 1.82) is 0 Å². The minimum atomic E-state index is -0.312. The monoisotopic (exact) mass is 338 g/mol. The van der Waals surface area contributed by atoms with Crippen LogP contribution in [0, 0.1) is 5.82 Å². The first-order chi connectivity index (χ1) is 12.2. The molecule has 128 valence electrons. The van der Waals surface area contributed by atoms with Crippen LogP contribution in [0.15, 0.2) is 42.6 Å². The molecule has 0 amide bonds. The van der Waals surface area contributed by atoms with Crippen molar-refractivity contribution in [3.05, 3.63) is 54.2 Å². The van der Waals surface area contributed by atoms with E-state index in [2.05, 4.69) is 24.8 Å². The molecule has 1 fully saturated rings. The number of nitrogen functional groups attached to an aromatic ring is 1. The largest absolute Gasteiger partial charge is 0.383 e. The van der Waals surface area contributed by atoms with E-state index >= 15 is 0 Å². The van der Waals surface area contributed by atoms with Crippen LogP contribution >= 0.6 is 0 Å². The molecule has 4 rings (SSSR count). The summed E-state index contributed by atoms with van der Waals surface area (Å²) >= 11 is 0. The number of aromatic nitrogens is 3. The first-order valence-electron chi connectivity index (χ1n) is 8.29. The van der Waals surface area contributed by atoms with Crippen LogP contribution in [0.5, 0.6) is 0 Å². The Balaban J connectivity index is 1.42. The van der Waals surface area contributed by atoms with Gasteiger partial charge in [0.05, 0.1) is 18.3 Å². The van der Waals surface area contributed by atoms with Gasteiger partial charge >= 0.3 is 0 Å². The van der Waals surface area contributed by atoms with E-state index < -0.39 is 0 Å². The lowest BCUT2D eigenvalue weighted by Gasteiger charge is -2.35. The molecule has 3 heterocycles. The highest BCUT2D eigenvalue weighted by molar-refractivity contribution is 5.87. The summed E-state index contributed by atoms with van der Waals surface area (Å²) in [6.45, 7) is 4.08. The SMILES string of the molecule is Nc1nc(CN2CCN(c3ccc(F)cn3)CC2)nc2ccccc12. The van der Waals surface area contributed by atoms with Gasteiger partial charge in [-0.2, -0.15) is 0 Å². The molecule has 0 aliphatic carbocycles. The van der Waals surface area contributed by atoms with Gasteiger partial charge in [0, 0.05) is 31.6 Å². The van der Waals surface area contributed by atoms with Gasteiger partial charge < -0.3 is 10.6 Å². The Labute approximate surface area is 145 Å². The van der Waals surface area contributed by atoms with Crippen molar-refractivity contribution < 1.29 is 4.39 Å². The Morgan fingerprint density at radius 1 is 1.00 bits per heavy atom. The second kappa shape index (κ2) is 6.60. The number of halogens is 1. The van der Waals surface area contributed by atoms with Crippen LogP contribution < -0.4 is 10.6 Å². The molecule has 0 saturated carbocycles. The number of hydrogen-bond acceptors (Lipinski definition) is 6. The second-order valence-corrected chi connectivity index (χ2v) is 6.14. The van der Waals surface area contributed by atoms with Gasteiger partial charge in [-0.15, -0.1) is 0 Å². The topological polar surface area (TPSA) is 71.2 Å². The van der Waals surface area contributed by atoms with E-state index in [9.17, 15) is 4.39 Å². The molecule has 1 saturated heterocycles. The van der Waals surface area contributed by atoms with Gasteiger partial charge in [-0.3, -0.25) is 4.90 Å². The Morgan fingerprint density at radius 2 is 1.80 bits per heavy atom. The molecule has 25 heavy (non-hydrogen) atoms. The molecule has 0 atom stereocenters. The minimum absolute atomic E-state index is 0.312. The number of fused-ring (bicyclic) bond motifs is 1. The molecule has 0 bridgehead atoms. The first-order valence-corrected chi connectivity index (χ1v) is 8.29. The lowest BCUT2D eigenvalue weighted by atomic mass is 10.2. The van der Waals surface area contributed by atoms with Gasteiger partial charge in [0.25, 0.3) is 0 Å². The van der Waals surface area contributed by atoms with Crippen LogP contribution in [-0.2, 0) is 6.54 Å². The van der Waals surface area contributed by atoms with Crippen molar-refractivity contribution in [3.63, 3.8) is 0 Å². The summed E-state index contributed by atoms with van der Waals surface area (Å²) in [5.41, 5.74) is 6.93. The molecule has 0 radical (unpaired) electrons. The zero-order chi connectivity index (χ0) is 17.2. The summed E-state index contributed by atoms with van der Waals surface area (Å²) in [7, 11) is 0. The fourth-order valence-corrected chi connectivity index (χ4v) is 3.11.